The number of alkyl halides is 4. The van der Waals surface area contributed by atoms with Gasteiger partial charge in [-0.25, -0.2) is 0 Å². The van der Waals surface area contributed by atoms with Crippen molar-refractivity contribution in [3.63, 3.8) is 0 Å². The van der Waals surface area contributed by atoms with Crippen LogP contribution in [0.4, 0.5) is 23.2 Å². The number of rotatable bonds is 5. The van der Waals surface area contributed by atoms with Crippen LogP contribution in [-0.4, -0.2) is 18.4 Å². The molecule has 2 aromatic carbocycles. The van der Waals surface area contributed by atoms with Gasteiger partial charge in [-0.3, -0.25) is 4.79 Å². The Hall–Kier alpha value is -1.84. The highest BCUT2D eigenvalue weighted by molar-refractivity contribution is 14.1. The minimum atomic E-state index is -4.62. The van der Waals surface area contributed by atoms with Gasteiger partial charge in [0.05, 0.1) is 5.69 Å². The van der Waals surface area contributed by atoms with E-state index >= 15 is 0 Å². The minimum Gasteiger partial charge on any atom is -0.428 e. The lowest BCUT2D eigenvalue weighted by molar-refractivity contribution is -0.253. The number of hydrogen-bond donors (Lipinski definition) is 1. The summed E-state index contributed by atoms with van der Waals surface area (Å²) in [5, 5.41) is 2.60. The molecule has 1 N–H and O–H groups in total. The van der Waals surface area contributed by atoms with Crippen molar-refractivity contribution in [2.24, 2.45) is 0 Å². The molecule has 23 heavy (non-hydrogen) atoms. The molecule has 122 valence electrons. The fraction of sp³-hybridized carbons (Fsp3) is 0.133. The van der Waals surface area contributed by atoms with Gasteiger partial charge in [-0.2, -0.15) is 17.6 Å². The number of ether oxygens (including phenoxy) is 1. The Morgan fingerprint density at radius 3 is 2.48 bits per heavy atom. The van der Waals surface area contributed by atoms with Gasteiger partial charge in [0.15, 0.2) is 0 Å². The summed E-state index contributed by atoms with van der Waals surface area (Å²) < 4.78 is 54.8. The molecule has 2 rings (SSSR count). The normalized spacial score (nSPS) is 11.4. The van der Waals surface area contributed by atoms with E-state index in [0.29, 0.717) is 5.69 Å². The number of anilines is 1. The van der Waals surface area contributed by atoms with Gasteiger partial charge < -0.3 is 10.1 Å². The highest BCUT2D eigenvalue weighted by atomic mass is 127. The van der Waals surface area contributed by atoms with E-state index in [0.717, 1.165) is 15.7 Å². The molecule has 0 aromatic heterocycles. The van der Waals surface area contributed by atoms with Crippen LogP contribution < -0.4 is 10.1 Å². The van der Waals surface area contributed by atoms with Crippen LogP contribution in [0, 0.1) is 3.57 Å². The lowest BCUT2D eigenvalue weighted by atomic mass is 10.2. The second kappa shape index (κ2) is 7.16. The van der Waals surface area contributed by atoms with Crippen molar-refractivity contribution in [2.45, 2.75) is 12.5 Å². The summed E-state index contributed by atoms with van der Waals surface area (Å²) in [5.74, 6) is -1.09. The third kappa shape index (κ3) is 4.57. The molecule has 0 aliphatic rings. The Kier molecular flexibility index (Phi) is 5.45. The molecule has 0 fully saturated rings. The van der Waals surface area contributed by atoms with E-state index in [1.807, 2.05) is 22.6 Å². The van der Waals surface area contributed by atoms with Crippen molar-refractivity contribution >= 4 is 34.2 Å². The number of nitrogens with one attached hydrogen (secondary N) is 1. The summed E-state index contributed by atoms with van der Waals surface area (Å²) in [5.41, 5.74) is 0.551. The van der Waals surface area contributed by atoms with Gasteiger partial charge in [-0.15, -0.1) is 0 Å². The number of benzene rings is 2. The first kappa shape index (κ1) is 17.5. The molecule has 0 heterocycles. The van der Waals surface area contributed by atoms with Crippen molar-refractivity contribution < 1.29 is 27.1 Å². The Labute approximate surface area is 142 Å². The van der Waals surface area contributed by atoms with Gasteiger partial charge >= 0.3 is 12.5 Å². The molecule has 0 saturated heterocycles. The largest absolute Gasteiger partial charge is 0.461 e. The summed E-state index contributed by atoms with van der Waals surface area (Å²) in [7, 11) is 0. The Bertz CT molecular complexity index is 709. The van der Waals surface area contributed by atoms with Crippen LogP contribution in [0.1, 0.15) is 10.4 Å². The molecular weight excluding hydrogens is 429 g/mol. The zero-order valence-electron chi connectivity index (χ0n) is 11.4. The predicted octanol–water partition coefficient (Wildman–Crippen LogP) is 4.78. The van der Waals surface area contributed by atoms with Crippen LogP contribution in [0.3, 0.4) is 0 Å². The lowest BCUT2D eigenvalue weighted by Gasteiger charge is -2.17. The van der Waals surface area contributed by atoms with Crippen molar-refractivity contribution in [1.82, 2.24) is 0 Å². The van der Waals surface area contributed by atoms with Crippen LogP contribution in [-0.2, 0) is 0 Å². The van der Waals surface area contributed by atoms with Crippen molar-refractivity contribution in [2.75, 3.05) is 5.32 Å². The number of carbonyl (C=O) groups is 1. The number of halogens is 5. The van der Waals surface area contributed by atoms with Gasteiger partial charge in [-0.1, -0.05) is 18.2 Å². The maximum atomic E-state index is 12.9. The van der Waals surface area contributed by atoms with Gasteiger partial charge in [0, 0.05) is 9.13 Å². The molecule has 0 atom stereocenters. The summed E-state index contributed by atoms with van der Waals surface area (Å²) in [6.45, 7) is 0. The van der Waals surface area contributed by atoms with E-state index in [1.54, 1.807) is 24.3 Å². The summed E-state index contributed by atoms with van der Waals surface area (Å²) >= 11 is 2.02. The first-order chi connectivity index (χ1) is 10.8. The van der Waals surface area contributed by atoms with E-state index in [9.17, 15) is 22.4 Å². The van der Waals surface area contributed by atoms with Crippen molar-refractivity contribution in [1.29, 1.82) is 0 Å². The van der Waals surface area contributed by atoms with Crippen LogP contribution in [0.5, 0.6) is 5.75 Å². The quantitative estimate of drug-likeness (QED) is 0.538. The van der Waals surface area contributed by atoms with E-state index in [-0.39, 0.29) is 5.56 Å². The fourth-order valence-corrected chi connectivity index (χ4v) is 2.18. The molecule has 0 aliphatic heterocycles. The van der Waals surface area contributed by atoms with E-state index in [4.69, 9.17) is 0 Å². The summed E-state index contributed by atoms with van der Waals surface area (Å²) in [6.07, 6.45) is -8.59. The van der Waals surface area contributed by atoms with Gasteiger partial charge in [0.2, 0.25) is 0 Å². The first-order valence-corrected chi connectivity index (χ1v) is 7.38. The van der Waals surface area contributed by atoms with E-state index in [2.05, 4.69) is 10.1 Å². The van der Waals surface area contributed by atoms with Crippen molar-refractivity contribution in [3.05, 3.63) is 57.7 Å². The van der Waals surface area contributed by atoms with Crippen LogP contribution in [0.15, 0.2) is 48.5 Å². The minimum absolute atomic E-state index is 0.00668. The zero-order chi connectivity index (χ0) is 17.0. The van der Waals surface area contributed by atoms with Gasteiger partial charge in [0.1, 0.15) is 5.75 Å². The summed E-state index contributed by atoms with van der Waals surface area (Å²) in [6, 6.07) is 11.6. The fourth-order valence-electron chi connectivity index (χ4n) is 1.66. The molecule has 0 unspecified atom stereocenters. The van der Waals surface area contributed by atoms with E-state index < -0.39 is 24.2 Å². The maximum absolute atomic E-state index is 12.9. The number of carbonyl (C=O) groups excluding carboxylic acids is 1. The average molecular weight is 439 g/mol. The molecule has 0 aliphatic carbocycles. The highest BCUT2D eigenvalue weighted by Gasteiger charge is 2.44. The maximum Gasteiger partial charge on any atom is 0.461 e. The number of hydrogen-bond acceptors (Lipinski definition) is 2. The number of para-hydroxylation sites is 1. The monoisotopic (exact) mass is 439 g/mol. The Morgan fingerprint density at radius 1 is 1.13 bits per heavy atom. The second-order valence-corrected chi connectivity index (χ2v) is 5.59. The van der Waals surface area contributed by atoms with Crippen LogP contribution in [0.2, 0.25) is 0 Å². The predicted molar refractivity (Wildman–Crippen MR) is 85.1 cm³/mol. The molecule has 0 radical (unpaired) electrons. The molecular formula is C15H10F4INO2. The summed E-state index contributed by atoms with van der Waals surface area (Å²) in [4.78, 5) is 12.1. The van der Waals surface area contributed by atoms with Crippen molar-refractivity contribution in [3.8, 4) is 5.75 Å². The first-order valence-electron chi connectivity index (χ1n) is 6.30. The molecule has 1 amide bonds. The molecule has 8 heteroatoms. The zero-order valence-corrected chi connectivity index (χ0v) is 13.6. The average Bonchev–Trinajstić information content (AvgIpc) is 2.49. The lowest BCUT2D eigenvalue weighted by Crippen LogP contribution is -2.33. The molecule has 2 aromatic rings. The second-order valence-electron chi connectivity index (χ2n) is 4.43. The molecule has 3 nitrogen and oxygen atoms in total. The van der Waals surface area contributed by atoms with Crippen LogP contribution >= 0.6 is 22.6 Å². The molecule has 0 saturated carbocycles. The van der Waals surface area contributed by atoms with Gasteiger partial charge in [0.25, 0.3) is 5.91 Å². The van der Waals surface area contributed by atoms with E-state index in [1.165, 1.54) is 12.1 Å². The third-order valence-electron chi connectivity index (χ3n) is 2.73. The number of amides is 1. The highest BCUT2D eigenvalue weighted by Crippen LogP contribution is 2.28. The SMILES string of the molecule is O=C(Nc1ccccc1I)c1cccc(OC(F)(F)C(F)F)c1. The standard InChI is InChI=1S/C15H10F4INO2/c16-14(17)15(18,19)23-10-5-3-4-9(8-10)13(22)21-12-7-2-1-6-11(12)20/h1-8,14H,(H,21,22). The Balaban J connectivity index is 2.16. The molecule has 0 bridgehead atoms. The molecule has 0 spiro atoms. The topological polar surface area (TPSA) is 38.3 Å². The van der Waals surface area contributed by atoms with Crippen LogP contribution in [0.25, 0.3) is 0 Å². The Morgan fingerprint density at radius 2 is 1.83 bits per heavy atom. The third-order valence-corrected chi connectivity index (χ3v) is 3.67. The van der Waals surface area contributed by atoms with Gasteiger partial charge in [-0.05, 0) is 52.9 Å². The smallest absolute Gasteiger partial charge is 0.428 e.